The SMILES string of the molecule is O=C1CC(c2cccs2)C=C([C]2[CH][CH][CH][CH]2)N1.[CH]1[CH][CH][CH][CH]1.[Fe+2]. The Labute approximate surface area is 154 Å². The summed E-state index contributed by atoms with van der Waals surface area (Å²) >= 11 is 1.71. The molecule has 0 bridgehead atoms. The van der Waals surface area contributed by atoms with Gasteiger partial charge in [0.25, 0.3) is 0 Å². The van der Waals surface area contributed by atoms with Crippen molar-refractivity contribution in [3.63, 3.8) is 0 Å². The van der Waals surface area contributed by atoms with Crippen LogP contribution in [0.15, 0.2) is 29.3 Å². The average molecular weight is 363 g/mol. The number of amides is 1. The molecule has 1 aromatic heterocycles. The Morgan fingerprint density at radius 3 is 2.22 bits per heavy atom. The summed E-state index contributed by atoms with van der Waals surface area (Å²) in [6, 6.07) is 4.12. The number of carbonyl (C=O) groups excluding carboxylic acids is 1. The van der Waals surface area contributed by atoms with E-state index in [1.807, 2.05) is 63.9 Å². The first-order chi connectivity index (χ1) is 10.8. The van der Waals surface area contributed by atoms with E-state index in [4.69, 9.17) is 0 Å². The van der Waals surface area contributed by atoms with Gasteiger partial charge >= 0.3 is 17.1 Å². The van der Waals surface area contributed by atoms with Crippen LogP contribution in [0.25, 0.3) is 0 Å². The molecule has 1 N–H and O–H groups in total. The molecule has 2 nitrogen and oxygen atoms in total. The van der Waals surface area contributed by atoms with Crippen molar-refractivity contribution in [2.45, 2.75) is 12.3 Å². The van der Waals surface area contributed by atoms with Gasteiger partial charge in [-0.05, 0) is 69.2 Å². The second-order valence-electron chi connectivity index (χ2n) is 5.09. The standard InChI is InChI=1S/C14H12NOS.C5H5.Fe/c16-14-9-11(13-6-3-7-17-13)8-12(15-14)10-4-1-2-5-10;1-2-4-5-3-1;/h1-8,11H,9H2,(H,15,16);1-5H;/q;;+2. The van der Waals surface area contributed by atoms with Crippen LogP contribution in [-0.2, 0) is 21.9 Å². The summed E-state index contributed by atoms with van der Waals surface area (Å²) in [5.74, 6) is 1.40. The van der Waals surface area contributed by atoms with Gasteiger partial charge in [0.05, 0.1) is 0 Å². The zero-order chi connectivity index (χ0) is 15.2. The molecule has 116 valence electrons. The molecule has 2 aliphatic carbocycles. The molecule has 0 aromatic carbocycles. The van der Waals surface area contributed by atoms with Crippen molar-refractivity contribution < 1.29 is 21.9 Å². The third-order valence-electron chi connectivity index (χ3n) is 3.49. The Morgan fingerprint density at radius 2 is 1.65 bits per heavy atom. The Kier molecular flexibility index (Phi) is 7.88. The molecule has 2 fully saturated rings. The van der Waals surface area contributed by atoms with Crippen molar-refractivity contribution in [3.05, 3.63) is 97.9 Å². The molecule has 4 rings (SSSR count). The molecule has 1 unspecified atom stereocenters. The molecule has 4 heteroatoms. The van der Waals surface area contributed by atoms with Crippen LogP contribution in [-0.4, -0.2) is 5.91 Å². The molecule has 10 radical (unpaired) electrons. The van der Waals surface area contributed by atoms with E-state index in [2.05, 4.69) is 22.8 Å². The molecule has 0 saturated heterocycles. The van der Waals surface area contributed by atoms with Gasteiger partial charge < -0.3 is 5.32 Å². The van der Waals surface area contributed by atoms with Crippen LogP contribution in [0.1, 0.15) is 17.2 Å². The maximum absolute atomic E-state index is 11.7. The van der Waals surface area contributed by atoms with E-state index in [9.17, 15) is 4.79 Å². The van der Waals surface area contributed by atoms with E-state index in [1.54, 1.807) is 11.3 Å². The normalized spacial score (nSPS) is 24.3. The Morgan fingerprint density at radius 1 is 1.00 bits per heavy atom. The predicted molar refractivity (Wildman–Crippen MR) is 89.8 cm³/mol. The maximum Gasteiger partial charge on any atom is 2.00 e. The molecule has 1 aromatic rings. The molecule has 3 aliphatic rings. The summed E-state index contributed by atoms with van der Waals surface area (Å²) in [7, 11) is 0. The summed E-state index contributed by atoms with van der Waals surface area (Å²) in [5.41, 5.74) is 0.935. The number of carbonyl (C=O) groups is 1. The van der Waals surface area contributed by atoms with E-state index in [0.717, 1.165) is 11.6 Å². The summed E-state index contributed by atoms with van der Waals surface area (Å²) in [5, 5.41) is 4.99. The molecule has 1 amide bonds. The van der Waals surface area contributed by atoms with Crippen molar-refractivity contribution >= 4 is 17.2 Å². The van der Waals surface area contributed by atoms with Gasteiger partial charge in [-0.15, -0.1) is 11.3 Å². The summed E-state index contributed by atoms with van der Waals surface area (Å²) in [4.78, 5) is 13.0. The van der Waals surface area contributed by atoms with Gasteiger partial charge in [-0.25, -0.2) is 0 Å². The zero-order valence-electron chi connectivity index (χ0n) is 12.5. The Bertz CT molecular complexity index is 494. The van der Waals surface area contributed by atoms with Gasteiger partial charge in [-0.3, -0.25) is 4.79 Å². The molecule has 2 saturated carbocycles. The van der Waals surface area contributed by atoms with Crippen LogP contribution in [0.3, 0.4) is 0 Å². The molecular formula is C19H17FeNOS+2. The van der Waals surface area contributed by atoms with Crippen LogP contribution in [0, 0.1) is 63.7 Å². The van der Waals surface area contributed by atoms with Crippen molar-refractivity contribution in [3.8, 4) is 0 Å². The fourth-order valence-electron chi connectivity index (χ4n) is 2.43. The number of allylic oxidation sites excluding steroid dienone is 2. The van der Waals surface area contributed by atoms with Crippen LogP contribution in [0.2, 0.25) is 0 Å². The number of hydrogen-bond acceptors (Lipinski definition) is 2. The zero-order valence-corrected chi connectivity index (χ0v) is 14.4. The molecule has 1 atom stereocenters. The van der Waals surface area contributed by atoms with Gasteiger partial charge in [-0.1, -0.05) is 12.1 Å². The number of thiophene rings is 1. The van der Waals surface area contributed by atoms with Crippen molar-refractivity contribution in [1.82, 2.24) is 5.32 Å². The van der Waals surface area contributed by atoms with Crippen molar-refractivity contribution in [2.24, 2.45) is 0 Å². The second-order valence-corrected chi connectivity index (χ2v) is 6.07. The Hall–Kier alpha value is -0.571. The van der Waals surface area contributed by atoms with Crippen LogP contribution in [0.5, 0.6) is 0 Å². The second kappa shape index (κ2) is 9.66. The maximum atomic E-state index is 11.7. The fraction of sp³-hybridized carbons (Fsp3) is 0.105. The van der Waals surface area contributed by atoms with Crippen LogP contribution in [0.4, 0.5) is 0 Å². The minimum absolute atomic E-state index is 0. The third-order valence-corrected chi connectivity index (χ3v) is 4.49. The number of nitrogens with one attached hydrogen (secondary N) is 1. The largest absolute Gasteiger partial charge is 2.00 e. The van der Waals surface area contributed by atoms with Gasteiger partial charge in [-0.2, -0.15) is 0 Å². The smallest absolute Gasteiger partial charge is 0.329 e. The van der Waals surface area contributed by atoms with Crippen molar-refractivity contribution in [2.75, 3.05) is 0 Å². The van der Waals surface area contributed by atoms with Gasteiger partial charge in [0.1, 0.15) is 0 Å². The predicted octanol–water partition coefficient (Wildman–Crippen LogP) is 3.66. The third kappa shape index (κ3) is 5.48. The summed E-state index contributed by atoms with van der Waals surface area (Å²) in [6.07, 6.45) is 20.7. The van der Waals surface area contributed by atoms with Gasteiger partial charge in [0.15, 0.2) is 0 Å². The molecule has 2 heterocycles. The molecule has 23 heavy (non-hydrogen) atoms. The van der Waals surface area contributed by atoms with E-state index in [1.165, 1.54) is 4.88 Å². The van der Waals surface area contributed by atoms with Gasteiger partial charge in [0, 0.05) is 28.8 Å². The van der Waals surface area contributed by atoms with Crippen LogP contribution < -0.4 is 5.32 Å². The summed E-state index contributed by atoms with van der Waals surface area (Å²) < 4.78 is 0. The average Bonchev–Trinajstić information content (AvgIpc) is 3.31. The minimum atomic E-state index is 0. The van der Waals surface area contributed by atoms with E-state index in [0.29, 0.717) is 6.42 Å². The van der Waals surface area contributed by atoms with E-state index < -0.39 is 0 Å². The molecular weight excluding hydrogens is 346 g/mol. The monoisotopic (exact) mass is 363 g/mol. The molecule has 1 aliphatic heterocycles. The summed E-state index contributed by atoms with van der Waals surface area (Å²) in [6.45, 7) is 0. The Balaban J connectivity index is 0.000000276. The minimum Gasteiger partial charge on any atom is -0.329 e. The van der Waals surface area contributed by atoms with Gasteiger partial charge in [0.2, 0.25) is 5.91 Å². The number of hydrogen-bond donors (Lipinski definition) is 1. The first-order valence-electron chi connectivity index (χ1n) is 7.27. The topological polar surface area (TPSA) is 29.1 Å². The van der Waals surface area contributed by atoms with E-state index >= 15 is 0 Å². The fourth-order valence-corrected chi connectivity index (χ4v) is 3.23. The first kappa shape index (κ1) is 18.8. The van der Waals surface area contributed by atoms with Crippen LogP contribution >= 0.6 is 11.3 Å². The molecule has 0 spiro atoms. The van der Waals surface area contributed by atoms with Crippen molar-refractivity contribution in [1.29, 1.82) is 0 Å². The van der Waals surface area contributed by atoms with E-state index in [-0.39, 0.29) is 28.9 Å². The quantitative estimate of drug-likeness (QED) is 0.799. The number of rotatable bonds is 2. The first-order valence-corrected chi connectivity index (χ1v) is 8.15.